The molecular weight excluding hydrogens is 348 g/mol. The lowest BCUT2D eigenvalue weighted by Crippen LogP contribution is -2.12. The zero-order valence-electron chi connectivity index (χ0n) is 12.4. The van der Waals surface area contributed by atoms with Crippen LogP contribution in [0.5, 0.6) is 0 Å². The predicted octanol–water partition coefficient (Wildman–Crippen LogP) is 3.67. The minimum Gasteiger partial charge on any atom is -0.269 e. The maximum atomic E-state index is 12.0. The molecule has 4 rings (SSSR count). The lowest BCUT2D eigenvalue weighted by molar-refractivity contribution is 1.04. The Morgan fingerprint density at radius 3 is 3.04 bits per heavy atom. The van der Waals surface area contributed by atoms with Crippen LogP contribution in [0.25, 0.3) is 15.2 Å². The van der Waals surface area contributed by atoms with Crippen molar-refractivity contribution in [1.82, 2.24) is 19.4 Å². The number of hydrogen-bond acceptors (Lipinski definition) is 7. The molecule has 0 fully saturated rings. The summed E-state index contributed by atoms with van der Waals surface area (Å²) in [6, 6.07) is 1.59. The van der Waals surface area contributed by atoms with Gasteiger partial charge in [-0.1, -0.05) is 11.8 Å². The van der Waals surface area contributed by atoms with E-state index >= 15 is 0 Å². The van der Waals surface area contributed by atoms with Gasteiger partial charge in [0, 0.05) is 33.7 Å². The van der Waals surface area contributed by atoms with Gasteiger partial charge in [0.1, 0.15) is 16.2 Å². The van der Waals surface area contributed by atoms with Crippen LogP contribution in [0, 0.1) is 13.8 Å². The van der Waals surface area contributed by atoms with Gasteiger partial charge in [-0.25, -0.2) is 15.0 Å². The number of nitrogens with zero attached hydrogens (tertiary/aromatic N) is 4. The fraction of sp³-hybridized carbons (Fsp3) is 0.200. The van der Waals surface area contributed by atoms with Crippen molar-refractivity contribution in [2.45, 2.75) is 24.6 Å². The topological polar surface area (TPSA) is 60.2 Å². The SMILES string of the molecule is Cc1sc2ncnc(SCc3cc(=O)n4ccsc4n3)c2c1C. The summed E-state index contributed by atoms with van der Waals surface area (Å²) >= 11 is 4.75. The second-order valence-electron chi connectivity index (χ2n) is 5.07. The number of fused-ring (bicyclic) bond motifs is 2. The van der Waals surface area contributed by atoms with Gasteiger partial charge in [-0.05, 0) is 19.4 Å². The molecule has 4 aromatic heterocycles. The van der Waals surface area contributed by atoms with Gasteiger partial charge in [-0.3, -0.25) is 9.20 Å². The molecule has 23 heavy (non-hydrogen) atoms. The van der Waals surface area contributed by atoms with E-state index in [9.17, 15) is 4.79 Å². The second kappa shape index (κ2) is 5.70. The zero-order chi connectivity index (χ0) is 16.0. The average Bonchev–Trinajstić information content (AvgIpc) is 3.11. The van der Waals surface area contributed by atoms with Crippen molar-refractivity contribution in [3.63, 3.8) is 0 Å². The average molecular weight is 360 g/mol. The Bertz CT molecular complexity index is 1080. The number of hydrogen-bond donors (Lipinski definition) is 0. The van der Waals surface area contributed by atoms with Crippen LogP contribution < -0.4 is 5.56 Å². The van der Waals surface area contributed by atoms with Crippen molar-refractivity contribution in [2.24, 2.45) is 0 Å². The van der Waals surface area contributed by atoms with Crippen molar-refractivity contribution in [3.05, 3.63) is 50.5 Å². The van der Waals surface area contributed by atoms with Gasteiger partial charge in [-0.15, -0.1) is 22.7 Å². The van der Waals surface area contributed by atoms with Crippen molar-refractivity contribution < 1.29 is 0 Å². The number of rotatable bonds is 3. The van der Waals surface area contributed by atoms with Gasteiger partial charge < -0.3 is 0 Å². The summed E-state index contributed by atoms with van der Waals surface area (Å²) in [5.41, 5.74) is 1.97. The van der Waals surface area contributed by atoms with E-state index in [4.69, 9.17) is 0 Å². The van der Waals surface area contributed by atoms with E-state index in [1.54, 1.807) is 46.1 Å². The monoisotopic (exact) mass is 360 g/mol. The third-order valence-corrected chi connectivity index (χ3v) is 6.54. The zero-order valence-corrected chi connectivity index (χ0v) is 14.9. The molecule has 0 unspecified atom stereocenters. The summed E-state index contributed by atoms with van der Waals surface area (Å²) in [6.45, 7) is 4.20. The van der Waals surface area contributed by atoms with Gasteiger partial charge in [-0.2, -0.15) is 0 Å². The Labute approximate surface area is 144 Å². The fourth-order valence-electron chi connectivity index (χ4n) is 2.36. The molecule has 0 saturated carbocycles. The van der Waals surface area contributed by atoms with Gasteiger partial charge >= 0.3 is 0 Å². The second-order valence-corrected chi connectivity index (χ2v) is 8.11. The van der Waals surface area contributed by atoms with E-state index in [1.165, 1.54) is 21.8 Å². The summed E-state index contributed by atoms with van der Waals surface area (Å²) < 4.78 is 1.56. The van der Waals surface area contributed by atoms with E-state index in [2.05, 4.69) is 28.8 Å². The largest absolute Gasteiger partial charge is 0.269 e. The minimum atomic E-state index is -0.0396. The van der Waals surface area contributed by atoms with E-state index in [-0.39, 0.29) is 5.56 Å². The highest BCUT2D eigenvalue weighted by Crippen LogP contribution is 2.35. The van der Waals surface area contributed by atoms with Crippen LogP contribution in [0.1, 0.15) is 16.1 Å². The van der Waals surface area contributed by atoms with Gasteiger partial charge in [0.15, 0.2) is 4.96 Å². The Balaban J connectivity index is 1.69. The molecule has 0 bridgehead atoms. The molecule has 0 aliphatic carbocycles. The molecule has 4 heterocycles. The molecule has 0 atom stereocenters. The Hall–Kier alpha value is -1.77. The van der Waals surface area contributed by atoms with Crippen LogP contribution >= 0.6 is 34.4 Å². The smallest absolute Gasteiger partial charge is 0.258 e. The van der Waals surface area contributed by atoms with E-state index in [1.807, 2.05) is 5.38 Å². The molecule has 0 aliphatic rings. The molecule has 4 aromatic rings. The van der Waals surface area contributed by atoms with Crippen LogP contribution in [0.2, 0.25) is 0 Å². The number of aryl methyl sites for hydroxylation is 2. The van der Waals surface area contributed by atoms with Crippen molar-refractivity contribution in [2.75, 3.05) is 0 Å². The molecule has 0 amide bonds. The third-order valence-electron chi connectivity index (χ3n) is 3.64. The van der Waals surface area contributed by atoms with Crippen LogP contribution in [-0.4, -0.2) is 19.4 Å². The molecule has 116 valence electrons. The fourth-order valence-corrected chi connectivity index (χ4v) is 5.11. The van der Waals surface area contributed by atoms with Gasteiger partial charge in [0.05, 0.1) is 5.69 Å². The highest BCUT2D eigenvalue weighted by atomic mass is 32.2. The molecule has 8 heteroatoms. The first-order chi connectivity index (χ1) is 11.1. The molecular formula is C15H12N4OS3. The normalized spacial score (nSPS) is 11.6. The van der Waals surface area contributed by atoms with E-state index < -0.39 is 0 Å². The molecule has 0 spiro atoms. The maximum Gasteiger partial charge on any atom is 0.258 e. The number of thioether (sulfide) groups is 1. The van der Waals surface area contributed by atoms with Crippen molar-refractivity contribution >= 4 is 49.6 Å². The van der Waals surface area contributed by atoms with E-state index in [0.717, 1.165) is 25.9 Å². The Morgan fingerprint density at radius 1 is 1.30 bits per heavy atom. The van der Waals surface area contributed by atoms with Crippen molar-refractivity contribution in [3.8, 4) is 0 Å². The van der Waals surface area contributed by atoms with Crippen LogP contribution in [0.3, 0.4) is 0 Å². The molecule has 0 radical (unpaired) electrons. The number of aromatic nitrogens is 4. The first kappa shape index (κ1) is 14.8. The number of thiophene rings is 1. The molecule has 0 saturated heterocycles. The lowest BCUT2D eigenvalue weighted by Gasteiger charge is -2.03. The number of thiazole rings is 1. The Kier molecular flexibility index (Phi) is 3.67. The first-order valence-corrected chi connectivity index (χ1v) is 9.61. The maximum absolute atomic E-state index is 12.0. The van der Waals surface area contributed by atoms with Crippen LogP contribution in [0.15, 0.2) is 33.8 Å². The molecule has 0 N–H and O–H groups in total. The minimum absolute atomic E-state index is 0.0396. The summed E-state index contributed by atoms with van der Waals surface area (Å²) in [5.74, 6) is 0.615. The van der Waals surface area contributed by atoms with E-state index in [0.29, 0.717) is 5.75 Å². The first-order valence-electron chi connectivity index (χ1n) is 6.93. The predicted molar refractivity (Wildman–Crippen MR) is 95.8 cm³/mol. The highest BCUT2D eigenvalue weighted by molar-refractivity contribution is 7.98. The van der Waals surface area contributed by atoms with Gasteiger partial charge in [0.25, 0.3) is 5.56 Å². The summed E-state index contributed by atoms with van der Waals surface area (Å²) in [6.07, 6.45) is 3.35. The summed E-state index contributed by atoms with van der Waals surface area (Å²) in [5, 5.41) is 3.94. The standard InChI is InChI=1S/C15H12N4OS3/c1-8-9(2)23-14-12(8)13(16-7-17-14)22-6-10-5-11(20)19-3-4-21-15(19)18-10/h3-5,7H,6H2,1-2H3. The molecule has 0 aliphatic heterocycles. The van der Waals surface area contributed by atoms with Gasteiger partial charge in [0.2, 0.25) is 0 Å². The van der Waals surface area contributed by atoms with Crippen LogP contribution in [-0.2, 0) is 5.75 Å². The quantitative estimate of drug-likeness (QED) is 0.412. The molecule has 5 nitrogen and oxygen atoms in total. The third kappa shape index (κ3) is 2.56. The summed E-state index contributed by atoms with van der Waals surface area (Å²) in [4.78, 5) is 28.4. The Morgan fingerprint density at radius 2 is 2.17 bits per heavy atom. The van der Waals surface area contributed by atoms with Crippen LogP contribution in [0.4, 0.5) is 0 Å². The summed E-state index contributed by atoms with van der Waals surface area (Å²) in [7, 11) is 0. The van der Waals surface area contributed by atoms with Crippen molar-refractivity contribution in [1.29, 1.82) is 0 Å². The lowest BCUT2D eigenvalue weighted by atomic mass is 10.2. The highest BCUT2D eigenvalue weighted by Gasteiger charge is 2.13. The molecule has 0 aromatic carbocycles.